The second-order valence-electron chi connectivity index (χ2n) is 7.69. The highest BCUT2D eigenvalue weighted by Crippen LogP contribution is 2.43. The molecule has 3 aliphatic heterocycles. The molecule has 1 unspecified atom stereocenters. The lowest BCUT2D eigenvalue weighted by Crippen LogP contribution is -2.74. The van der Waals surface area contributed by atoms with Gasteiger partial charge in [0.2, 0.25) is 5.95 Å². The predicted octanol–water partition coefficient (Wildman–Crippen LogP) is 2.15. The van der Waals surface area contributed by atoms with Crippen LogP contribution in [0.5, 0.6) is 5.75 Å². The maximum atomic E-state index is 13.5. The van der Waals surface area contributed by atoms with Crippen molar-refractivity contribution in [2.24, 2.45) is 5.41 Å². The average molecular weight is 369 g/mol. The summed E-state index contributed by atoms with van der Waals surface area (Å²) in [5.41, 5.74) is 0.768. The molecule has 3 aliphatic rings. The molecule has 5 rings (SSSR count). The van der Waals surface area contributed by atoms with Crippen LogP contribution in [0, 0.1) is 11.2 Å². The highest BCUT2D eigenvalue weighted by molar-refractivity contribution is 5.95. The Morgan fingerprint density at radius 2 is 1.96 bits per heavy atom. The van der Waals surface area contributed by atoms with Gasteiger partial charge >= 0.3 is 6.03 Å². The van der Waals surface area contributed by atoms with E-state index in [1.807, 2.05) is 11.8 Å². The van der Waals surface area contributed by atoms with Crippen LogP contribution in [-0.4, -0.2) is 59.7 Å². The van der Waals surface area contributed by atoms with E-state index in [2.05, 4.69) is 14.9 Å². The highest BCUT2D eigenvalue weighted by atomic mass is 19.1. The summed E-state index contributed by atoms with van der Waals surface area (Å²) in [6, 6.07) is 5.98. The van der Waals surface area contributed by atoms with Crippen LogP contribution < -0.4 is 14.5 Å². The second-order valence-corrected chi connectivity index (χ2v) is 7.69. The first kappa shape index (κ1) is 16.3. The molecule has 0 N–H and O–H groups in total. The van der Waals surface area contributed by atoms with Crippen LogP contribution in [0.2, 0.25) is 0 Å². The van der Waals surface area contributed by atoms with Gasteiger partial charge in [0.05, 0.1) is 11.7 Å². The molecule has 4 heterocycles. The molecule has 27 heavy (non-hydrogen) atoms. The zero-order valence-electron chi connectivity index (χ0n) is 15.0. The Morgan fingerprint density at radius 3 is 2.70 bits per heavy atom. The Kier molecular flexibility index (Phi) is 3.50. The minimum atomic E-state index is -0.365. The molecule has 140 valence electrons. The lowest BCUT2D eigenvalue weighted by molar-refractivity contribution is 0.00814. The molecule has 1 spiro atoms. The molecule has 1 atom stereocenters. The standard InChI is InChI=1S/C19H20FN5O2/c1-13-8-27-16-7-14(20)3-4-15(16)25(13)18(26)24-11-19(12-24)9-23(10-19)17-21-5-2-6-22-17/h2-7,13H,8-12H2,1H3. The van der Waals surface area contributed by atoms with Gasteiger partial charge in [0.25, 0.3) is 0 Å². The number of hydrogen-bond donors (Lipinski definition) is 0. The number of rotatable bonds is 1. The summed E-state index contributed by atoms with van der Waals surface area (Å²) in [6.07, 6.45) is 3.48. The second kappa shape index (κ2) is 5.80. The van der Waals surface area contributed by atoms with E-state index in [4.69, 9.17) is 4.74 Å². The van der Waals surface area contributed by atoms with Crippen LogP contribution in [-0.2, 0) is 0 Å². The van der Waals surface area contributed by atoms with Crippen molar-refractivity contribution in [3.63, 3.8) is 0 Å². The molecule has 0 radical (unpaired) electrons. The smallest absolute Gasteiger partial charge is 0.325 e. The first-order valence-electron chi connectivity index (χ1n) is 9.07. The van der Waals surface area contributed by atoms with E-state index in [9.17, 15) is 9.18 Å². The third-order valence-corrected chi connectivity index (χ3v) is 5.52. The first-order valence-corrected chi connectivity index (χ1v) is 9.07. The van der Waals surface area contributed by atoms with E-state index in [1.165, 1.54) is 12.1 Å². The van der Waals surface area contributed by atoms with Crippen molar-refractivity contribution < 1.29 is 13.9 Å². The molecule has 2 amide bonds. The minimum absolute atomic E-state index is 0.0429. The SMILES string of the molecule is CC1COc2cc(F)ccc2N1C(=O)N1CC2(C1)CN(c1ncccn1)C2. The first-order chi connectivity index (χ1) is 13.0. The number of nitrogens with zero attached hydrogens (tertiary/aromatic N) is 5. The van der Waals surface area contributed by atoms with E-state index < -0.39 is 0 Å². The zero-order chi connectivity index (χ0) is 18.6. The lowest BCUT2D eigenvalue weighted by atomic mass is 9.73. The molecule has 8 heteroatoms. The fraction of sp³-hybridized carbons (Fsp3) is 0.421. The Balaban J connectivity index is 1.26. The monoisotopic (exact) mass is 369 g/mol. The van der Waals surface area contributed by atoms with Crippen molar-refractivity contribution in [2.75, 3.05) is 42.6 Å². The van der Waals surface area contributed by atoms with E-state index in [1.54, 1.807) is 29.4 Å². The molecule has 2 fully saturated rings. The molecule has 0 bridgehead atoms. The van der Waals surface area contributed by atoms with Gasteiger partial charge in [-0.2, -0.15) is 0 Å². The molecule has 0 aliphatic carbocycles. The molecule has 1 aromatic heterocycles. The number of fused-ring (bicyclic) bond motifs is 1. The molecule has 0 saturated carbocycles. The van der Waals surface area contributed by atoms with E-state index >= 15 is 0 Å². The van der Waals surface area contributed by atoms with Crippen LogP contribution in [0.25, 0.3) is 0 Å². The Morgan fingerprint density at radius 1 is 1.22 bits per heavy atom. The number of halogens is 1. The number of likely N-dealkylation sites (tertiary alicyclic amines) is 1. The fourth-order valence-corrected chi connectivity index (χ4v) is 4.23. The number of anilines is 2. The van der Waals surface area contributed by atoms with Gasteiger partial charge in [-0.05, 0) is 25.1 Å². The van der Waals surface area contributed by atoms with Crippen molar-refractivity contribution >= 4 is 17.7 Å². The van der Waals surface area contributed by atoms with Crippen molar-refractivity contribution in [1.82, 2.24) is 14.9 Å². The number of aromatic nitrogens is 2. The van der Waals surface area contributed by atoms with Crippen LogP contribution in [0.1, 0.15) is 6.92 Å². The Labute approximate surface area is 156 Å². The Bertz CT molecular complexity index is 879. The summed E-state index contributed by atoms with van der Waals surface area (Å²) >= 11 is 0. The normalized spacial score (nSPS) is 22.6. The van der Waals surface area contributed by atoms with Gasteiger partial charge in [0.15, 0.2) is 0 Å². The van der Waals surface area contributed by atoms with Crippen LogP contribution in [0.15, 0.2) is 36.7 Å². The van der Waals surface area contributed by atoms with Gasteiger partial charge in [-0.25, -0.2) is 19.2 Å². The van der Waals surface area contributed by atoms with Crippen molar-refractivity contribution in [1.29, 1.82) is 0 Å². The van der Waals surface area contributed by atoms with Crippen LogP contribution in [0.3, 0.4) is 0 Å². The van der Waals surface area contributed by atoms with Crippen molar-refractivity contribution in [3.05, 3.63) is 42.5 Å². The fourth-order valence-electron chi connectivity index (χ4n) is 4.23. The third-order valence-electron chi connectivity index (χ3n) is 5.52. The molecule has 2 saturated heterocycles. The van der Waals surface area contributed by atoms with Gasteiger partial charge in [0, 0.05) is 50.1 Å². The summed E-state index contributed by atoms with van der Waals surface area (Å²) in [6.45, 7) is 5.46. The lowest BCUT2D eigenvalue weighted by Gasteiger charge is -2.60. The molecule has 1 aromatic carbocycles. The summed E-state index contributed by atoms with van der Waals surface area (Å²) in [5, 5.41) is 0. The topological polar surface area (TPSA) is 61.8 Å². The number of benzene rings is 1. The number of hydrogen-bond acceptors (Lipinski definition) is 5. The molecular formula is C19H20FN5O2. The van der Waals surface area contributed by atoms with Gasteiger partial charge in [-0.15, -0.1) is 0 Å². The third kappa shape index (κ3) is 2.58. The molecule has 2 aromatic rings. The summed E-state index contributed by atoms with van der Waals surface area (Å²) in [5.74, 6) is 0.801. The number of amides is 2. The average Bonchev–Trinajstić information content (AvgIpc) is 2.60. The van der Waals surface area contributed by atoms with Gasteiger partial charge in [-0.1, -0.05) is 0 Å². The number of carbonyl (C=O) groups is 1. The predicted molar refractivity (Wildman–Crippen MR) is 97.5 cm³/mol. The van der Waals surface area contributed by atoms with Crippen molar-refractivity contribution in [3.8, 4) is 5.75 Å². The van der Waals surface area contributed by atoms with Gasteiger partial charge in [0.1, 0.15) is 18.2 Å². The van der Waals surface area contributed by atoms with E-state index in [0.717, 1.165) is 32.1 Å². The number of urea groups is 1. The zero-order valence-corrected chi connectivity index (χ0v) is 15.0. The molecular weight excluding hydrogens is 349 g/mol. The van der Waals surface area contributed by atoms with E-state index in [0.29, 0.717) is 18.0 Å². The quantitative estimate of drug-likeness (QED) is 0.771. The maximum Gasteiger partial charge on any atom is 0.325 e. The Hall–Kier alpha value is -2.90. The highest BCUT2D eigenvalue weighted by Gasteiger charge is 2.55. The van der Waals surface area contributed by atoms with Gasteiger partial charge in [-0.3, -0.25) is 4.90 Å². The summed E-state index contributed by atoms with van der Waals surface area (Å²) in [7, 11) is 0. The van der Waals surface area contributed by atoms with Crippen LogP contribution in [0.4, 0.5) is 20.8 Å². The van der Waals surface area contributed by atoms with E-state index in [-0.39, 0.29) is 23.3 Å². The van der Waals surface area contributed by atoms with Crippen molar-refractivity contribution in [2.45, 2.75) is 13.0 Å². The number of carbonyl (C=O) groups excluding carboxylic acids is 1. The largest absolute Gasteiger partial charge is 0.489 e. The summed E-state index contributed by atoms with van der Waals surface area (Å²) in [4.78, 5) is 27.4. The number of ether oxygens (including phenoxy) is 1. The van der Waals surface area contributed by atoms with Gasteiger partial charge < -0.3 is 14.5 Å². The molecule has 7 nitrogen and oxygen atoms in total. The summed E-state index contributed by atoms with van der Waals surface area (Å²) < 4.78 is 19.1. The minimum Gasteiger partial charge on any atom is -0.489 e. The van der Waals surface area contributed by atoms with Crippen LogP contribution >= 0.6 is 0 Å². The maximum absolute atomic E-state index is 13.5.